The van der Waals surface area contributed by atoms with E-state index in [2.05, 4.69) is 20.9 Å². The maximum Gasteiger partial charge on any atom is 0.262 e. The number of benzene rings is 1. The minimum absolute atomic E-state index is 0.00631. The second kappa shape index (κ2) is 6.55. The van der Waals surface area contributed by atoms with Crippen molar-refractivity contribution in [2.75, 3.05) is 13.7 Å². The maximum absolute atomic E-state index is 13.0. The third-order valence-electron chi connectivity index (χ3n) is 3.83. The van der Waals surface area contributed by atoms with Gasteiger partial charge in [-0.05, 0) is 31.5 Å². The highest BCUT2D eigenvalue weighted by Crippen LogP contribution is 2.36. The number of aromatic nitrogens is 2. The van der Waals surface area contributed by atoms with Crippen molar-refractivity contribution in [2.45, 2.75) is 20.4 Å². The molecule has 3 aromatic rings. The van der Waals surface area contributed by atoms with Gasteiger partial charge in [0.1, 0.15) is 10.7 Å². The Labute approximate surface area is 146 Å². The molecule has 0 amide bonds. The molecule has 23 heavy (non-hydrogen) atoms. The third kappa shape index (κ3) is 2.98. The molecule has 0 unspecified atom stereocenters. The smallest absolute Gasteiger partial charge is 0.262 e. The number of nitrogens with zero attached hydrogens (tertiary/aromatic N) is 2. The van der Waals surface area contributed by atoms with Crippen molar-refractivity contribution in [2.24, 2.45) is 0 Å². The van der Waals surface area contributed by atoms with Crippen LogP contribution in [-0.4, -0.2) is 23.3 Å². The normalized spacial score (nSPS) is 11.3. The molecular weight excluding hydrogens is 376 g/mol. The summed E-state index contributed by atoms with van der Waals surface area (Å²) >= 11 is 5.02. The van der Waals surface area contributed by atoms with Crippen molar-refractivity contribution in [1.29, 1.82) is 0 Å². The molecule has 0 spiro atoms. The molecule has 0 aliphatic rings. The molecular formula is C17H17BrN2O2S. The Morgan fingerprint density at radius 3 is 2.61 bits per heavy atom. The summed E-state index contributed by atoms with van der Waals surface area (Å²) in [6, 6.07) is 8.03. The summed E-state index contributed by atoms with van der Waals surface area (Å²) in [5.41, 5.74) is 2.03. The molecule has 3 rings (SSSR count). The molecule has 0 saturated carbocycles. The monoisotopic (exact) mass is 392 g/mol. The first-order valence-electron chi connectivity index (χ1n) is 7.28. The number of hydrogen-bond donors (Lipinski definition) is 0. The quantitative estimate of drug-likeness (QED) is 0.669. The highest BCUT2D eigenvalue weighted by Gasteiger charge is 2.18. The van der Waals surface area contributed by atoms with E-state index in [1.807, 2.05) is 38.1 Å². The van der Waals surface area contributed by atoms with Crippen LogP contribution < -0.4 is 5.56 Å². The Kier molecular flexibility index (Phi) is 4.66. The average molecular weight is 393 g/mol. The Balaban J connectivity index is 2.28. The van der Waals surface area contributed by atoms with Gasteiger partial charge in [0.25, 0.3) is 5.56 Å². The van der Waals surface area contributed by atoms with Gasteiger partial charge in [-0.1, -0.05) is 28.1 Å². The van der Waals surface area contributed by atoms with Crippen molar-refractivity contribution in [1.82, 2.24) is 9.55 Å². The molecule has 2 heterocycles. The molecule has 120 valence electrons. The van der Waals surface area contributed by atoms with E-state index in [0.717, 1.165) is 31.1 Å². The number of ether oxygens (including phenoxy) is 1. The number of thiophene rings is 1. The second-order valence-electron chi connectivity index (χ2n) is 5.33. The maximum atomic E-state index is 13.0. The van der Waals surface area contributed by atoms with Crippen LogP contribution in [-0.2, 0) is 11.3 Å². The van der Waals surface area contributed by atoms with Crippen LogP contribution in [0.25, 0.3) is 21.3 Å². The zero-order valence-corrected chi connectivity index (χ0v) is 15.6. The molecule has 2 aromatic heterocycles. The summed E-state index contributed by atoms with van der Waals surface area (Å²) < 4.78 is 7.82. The van der Waals surface area contributed by atoms with Crippen LogP contribution in [0.3, 0.4) is 0 Å². The molecule has 1 aromatic carbocycles. The molecule has 0 atom stereocenters. The fraction of sp³-hybridized carbons (Fsp3) is 0.294. The molecule has 0 bridgehead atoms. The van der Waals surface area contributed by atoms with Crippen LogP contribution in [0.1, 0.15) is 10.7 Å². The van der Waals surface area contributed by atoms with Gasteiger partial charge in [-0.3, -0.25) is 9.36 Å². The average Bonchev–Trinajstić information content (AvgIpc) is 2.84. The lowest BCUT2D eigenvalue weighted by Crippen LogP contribution is -2.25. The summed E-state index contributed by atoms with van der Waals surface area (Å²) in [4.78, 5) is 19.5. The minimum atomic E-state index is 0.00631. The lowest BCUT2D eigenvalue weighted by atomic mass is 10.0. The molecule has 0 saturated heterocycles. The third-order valence-corrected chi connectivity index (χ3v) is 5.36. The molecule has 0 radical (unpaired) electrons. The van der Waals surface area contributed by atoms with E-state index >= 15 is 0 Å². The summed E-state index contributed by atoms with van der Waals surface area (Å²) in [5.74, 6) is 0.725. The van der Waals surface area contributed by atoms with Crippen LogP contribution >= 0.6 is 27.3 Å². The van der Waals surface area contributed by atoms with Gasteiger partial charge < -0.3 is 4.74 Å². The van der Waals surface area contributed by atoms with Gasteiger partial charge in [0.15, 0.2) is 0 Å². The highest BCUT2D eigenvalue weighted by molar-refractivity contribution is 9.10. The van der Waals surface area contributed by atoms with Gasteiger partial charge in [0.05, 0.1) is 18.5 Å². The molecule has 4 nitrogen and oxygen atoms in total. The van der Waals surface area contributed by atoms with E-state index < -0.39 is 0 Å². The molecule has 0 fully saturated rings. The van der Waals surface area contributed by atoms with Crippen molar-refractivity contribution in [3.8, 4) is 11.1 Å². The van der Waals surface area contributed by atoms with Crippen LogP contribution in [0, 0.1) is 13.8 Å². The van der Waals surface area contributed by atoms with Gasteiger partial charge >= 0.3 is 0 Å². The standard InChI is InChI=1S/C17H17BrN2O2S/c1-10-14(12-4-6-13(18)7-5-12)15-16(23-10)19-11(2)20(17(15)21)8-9-22-3/h4-7H,8-9H2,1-3H3. The van der Waals surface area contributed by atoms with E-state index in [9.17, 15) is 4.79 Å². The number of methoxy groups -OCH3 is 1. The largest absolute Gasteiger partial charge is 0.383 e. The highest BCUT2D eigenvalue weighted by atomic mass is 79.9. The van der Waals surface area contributed by atoms with Gasteiger partial charge in [-0.25, -0.2) is 4.98 Å². The van der Waals surface area contributed by atoms with E-state index in [4.69, 9.17) is 4.74 Å². The van der Waals surface area contributed by atoms with Crippen LogP contribution in [0.2, 0.25) is 0 Å². The zero-order valence-electron chi connectivity index (χ0n) is 13.2. The van der Waals surface area contributed by atoms with Crippen LogP contribution in [0.15, 0.2) is 33.5 Å². The van der Waals surface area contributed by atoms with Gasteiger partial charge in [0, 0.05) is 22.0 Å². The Morgan fingerprint density at radius 2 is 1.96 bits per heavy atom. The topological polar surface area (TPSA) is 44.1 Å². The lowest BCUT2D eigenvalue weighted by molar-refractivity contribution is 0.185. The first-order valence-corrected chi connectivity index (χ1v) is 8.89. The number of rotatable bonds is 4. The molecule has 0 aliphatic heterocycles. The summed E-state index contributed by atoms with van der Waals surface area (Å²) in [7, 11) is 1.63. The van der Waals surface area contributed by atoms with Gasteiger partial charge in [0.2, 0.25) is 0 Å². The Morgan fingerprint density at radius 1 is 1.26 bits per heavy atom. The van der Waals surface area contributed by atoms with Crippen molar-refractivity contribution in [3.05, 3.63) is 49.8 Å². The van der Waals surface area contributed by atoms with E-state index in [0.29, 0.717) is 18.5 Å². The molecule has 0 N–H and O–H groups in total. The van der Waals surface area contributed by atoms with Crippen molar-refractivity contribution < 1.29 is 4.74 Å². The minimum Gasteiger partial charge on any atom is -0.383 e. The van der Waals surface area contributed by atoms with Crippen molar-refractivity contribution in [3.63, 3.8) is 0 Å². The SMILES string of the molecule is COCCn1c(C)nc2sc(C)c(-c3ccc(Br)cc3)c2c1=O. The Hall–Kier alpha value is -1.50. The number of hydrogen-bond acceptors (Lipinski definition) is 4. The predicted molar refractivity (Wildman–Crippen MR) is 98.4 cm³/mol. The Bertz CT molecular complexity index is 913. The van der Waals surface area contributed by atoms with E-state index in [1.165, 1.54) is 0 Å². The number of aryl methyl sites for hydroxylation is 2. The summed E-state index contributed by atoms with van der Waals surface area (Å²) in [6.07, 6.45) is 0. The van der Waals surface area contributed by atoms with Gasteiger partial charge in [-0.2, -0.15) is 0 Å². The zero-order chi connectivity index (χ0) is 16.6. The van der Waals surface area contributed by atoms with E-state index in [1.54, 1.807) is 23.0 Å². The fourth-order valence-corrected chi connectivity index (χ4v) is 4.05. The summed E-state index contributed by atoms with van der Waals surface area (Å²) in [5, 5.41) is 0.705. The second-order valence-corrected chi connectivity index (χ2v) is 7.45. The molecule has 0 aliphatic carbocycles. The predicted octanol–water partition coefficient (Wildman–Crippen LogP) is 4.15. The van der Waals surface area contributed by atoms with E-state index in [-0.39, 0.29) is 5.56 Å². The van der Waals surface area contributed by atoms with Crippen LogP contribution in [0.4, 0.5) is 0 Å². The number of fused-ring (bicyclic) bond motifs is 1. The lowest BCUT2D eigenvalue weighted by Gasteiger charge is -2.09. The van der Waals surface area contributed by atoms with Crippen LogP contribution in [0.5, 0.6) is 0 Å². The molecule has 6 heteroatoms. The fourth-order valence-electron chi connectivity index (χ4n) is 2.71. The first-order chi connectivity index (χ1) is 11.0. The summed E-state index contributed by atoms with van der Waals surface area (Å²) in [6.45, 7) is 4.91. The van der Waals surface area contributed by atoms with Crippen molar-refractivity contribution >= 4 is 37.5 Å². The van der Waals surface area contributed by atoms with Gasteiger partial charge in [-0.15, -0.1) is 11.3 Å². The first kappa shape index (κ1) is 16.4. The number of halogens is 1.